The van der Waals surface area contributed by atoms with Crippen molar-refractivity contribution in [2.75, 3.05) is 11.5 Å². The second-order valence-electron chi connectivity index (χ2n) is 7.72. The number of anilines is 2. The van der Waals surface area contributed by atoms with Crippen molar-refractivity contribution in [3.63, 3.8) is 0 Å². The van der Waals surface area contributed by atoms with E-state index < -0.39 is 5.97 Å². The average molecular weight is 493 g/mol. The van der Waals surface area contributed by atoms with E-state index in [4.69, 9.17) is 44.4 Å². The molecule has 0 bridgehead atoms. The molecular weight excluding hydrogens is 475 g/mol. The highest BCUT2D eigenvalue weighted by molar-refractivity contribution is 6.42. The van der Waals surface area contributed by atoms with Crippen LogP contribution in [0.3, 0.4) is 0 Å². The van der Waals surface area contributed by atoms with Gasteiger partial charge in [0.15, 0.2) is 12.4 Å². The number of halogens is 2. The first kappa shape index (κ1) is 22.1. The third kappa shape index (κ3) is 4.25. The van der Waals surface area contributed by atoms with Gasteiger partial charge in [0.1, 0.15) is 0 Å². The first-order chi connectivity index (χ1) is 16.4. The molecule has 34 heavy (non-hydrogen) atoms. The van der Waals surface area contributed by atoms with E-state index in [-0.39, 0.29) is 24.3 Å². The summed E-state index contributed by atoms with van der Waals surface area (Å²) < 4.78 is 5.56. The highest BCUT2D eigenvalue weighted by Gasteiger charge is 2.28. The molecule has 4 aromatic rings. The number of benzene rings is 2. The molecular formula is C24H18Cl2N6O2. The second kappa shape index (κ2) is 8.89. The molecule has 10 heteroatoms. The summed E-state index contributed by atoms with van der Waals surface area (Å²) >= 11 is 12.2. The number of pyridine rings is 1. The predicted molar refractivity (Wildman–Crippen MR) is 132 cm³/mol. The van der Waals surface area contributed by atoms with Crippen LogP contribution in [0.25, 0.3) is 22.6 Å². The second-order valence-corrected chi connectivity index (χ2v) is 8.53. The third-order valence-corrected chi connectivity index (χ3v) is 6.22. The van der Waals surface area contributed by atoms with E-state index in [1.54, 1.807) is 12.1 Å². The standard InChI is InChI=1S/C24H18Cl2N6O2/c25-16-8-5-12(10-17(16)26)9-13-6-7-15-20(14-3-1-2-4-18(14)29-21(13)15)22(33)34-11-19-30-23(27)32-24(28)31-19/h1-5,8-10H,6-7,11H2,(H4,27,28,30,31,32). The van der Waals surface area contributed by atoms with E-state index in [9.17, 15) is 4.79 Å². The number of carbonyl (C=O) groups is 1. The largest absolute Gasteiger partial charge is 0.454 e. The van der Waals surface area contributed by atoms with E-state index in [1.807, 2.05) is 36.4 Å². The molecule has 1 aliphatic carbocycles. The van der Waals surface area contributed by atoms with Crippen molar-refractivity contribution in [2.45, 2.75) is 19.4 Å². The summed E-state index contributed by atoms with van der Waals surface area (Å²) in [6.45, 7) is -0.187. The molecule has 0 unspecified atom stereocenters. The fraction of sp³-hybridized carbons (Fsp3) is 0.125. The maximum atomic E-state index is 13.3. The lowest BCUT2D eigenvalue weighted by molar-refractivity contribution is 0.0463. The van der Waals surface area contributed by atoms with Crippen LogP contribution in [0.2, 0.25) is 10.0 Å². The van der Waals surface area contributed by atoms with Crippen LogP contribution in [0.4, 0.5) is 11.9 Å². The van der Waals surface area contributed by atoms with Crippen molar-refractivity contribution in [3.8, 4) is 0 Å². The topological polar surface area (TPSA) is 130 Å². The predicted octanol–water partition coefficient (Wildman–Crippen LogP) is 4.73. The Morgan fingerprint density at radius 3 is 2.50 bits per heavy atom. The van der Waals surface area contributed by atoms with E-state index in [0.29, 0.717) is 27.5 Å². The number of para-hydroxylation sites is 1. The highest BCUT2D eigenvalue weighted by Crippen LogP contribution is 2.38. The fourth-order valence-electron chi connectivity index (χ4n) is 4.04. The van der Waals surface area contributed by atoms with Crippen LogP contribution < -0.4 is 11.5 Å². The number of hydrogen-bond donors (Lipinski definition) is 2. The third-order valence-electron chi connectivity index (χ3n) is 5.48. The number of ether oxygens (including phenoxy) is 1. The van der Waals surface area contributed by atoms with Crippen LogP contribution in [-0.2, 0) is 17.8 Å². The van der Waals surface area contributed by atoms with Gasteiger partial charge in [-0.2, -0.15) is 15.0 Å². The number of rotatable bonds is 4. The molecule has 2 aromatic carbocycles. The Morgan fingerprint density at radius 1 is 0.971 bits per heavy atom. The number of aromatic nitrogens is 4. The number of nitrogen functional groups attached to an aromatic ring is 2. The maximum Gasteiger partial charge on any atom is 0.339 e. The minimum absolute atomic E-state index is 0.0362. The number of carbonyl (C=O) groups excluding carboxylic acids is 1. The van der Waals surface area contributed by atoms with E-state index in [0.717, 1.165) is 34.2 Å². The lowest BCUT2D eigenvalue weighted by atomic mass is 10.0. The van der Waals surface area contributed by atoms with Gasteiger partial charge in [-0.3, -0.25) is 0 Å². The van der Waals surface area contributed by atoms with Crippen LogP contribution >= 0.6 is 23.2 Å². The van der Waals surface area contributed by atoms with Gasteiger partial charge < -0.3 is 16.2 Å². The van der Waals surface area contributed by atoms with Crippen molar-refractivity contribution < 1.29 is 9.53 Å². The summed E-state index contributed by atoms with van der Waals surface area (Å²) in [7, 11) is 0. The number of nitrogens with zero attached hydrogens (tertiary/aromatic N) is 4. The molecule has 8 nitrogen and oxygen atoms in total. The van der Waals surface area contributed by atoms with Crippen molar-refractivity contribution in [1.29, 1.82) is 0 Å². The fourth-order valence-corrected chi connectivity index (χ4v) is 4.35. The van der Waals surface area contributed by atoms with Crippen LogP contribution in [0.15, 0.2) is 42.5 Å². The lowest BCUT2D eigenvalue weighted by Crippen LogP contribution is -2.13. The zero-order chi connectivity index (χ0) is 23.8. The molecule has 4 N–H and O–H groups in total. The minimum Gasteiger partial charge on any atom is -0.454 e. The van der Waals surface area contributed by atoms with Gasteiger partial charge in [0.25, 0.3) is 0 Å². The summed E-state index contributed by atoms with van der Waals surface area (Å²) in [6.07, 6.45) is 3.39. The molecule has 1 aliphatic rings. The Balaban J connectivity index is 1.54. The van der Waals surface area contributed by atoms with Gasteiger partial charge in [-0.15, -0.1) is 0 Å². The monoisotopic (exact) mass is 492 g/mol. The molecule has 0 aliphatic heterocycles. The molecule has 0 amide bonds. The Kier molecular flexibility index (Phi) is 5.77. The van der Waals surface area contributed by atoms with Crippen molar-refractivity contribution in [2.24, 2.45) is 0 Å². The van der Waals surface area contributed by atoms with Gasteiger partial charge >= 0.3 is 5.97 Å². The summed E-state index contributed by atoms with van der Waals surface area (Å²) in [5, 5.41) is 1.69. The summed E-state index contributed by atoms with van der Waals surface area (Å²) in [5.41, 5.74) is 15.9. The molecule has 2 aromatic heterocycles. The minimum atomic E-state index is -0.497. The van der Waals surface area contributed by atoms with Gasteiger partial charge in [-0.25, -0.2) is 9.78 Å². The molecule has 0 saturated carbocycles. The molecule has 2 heterocycles. The van der Waals surface area contributed by atoms with Crippen LogP contribution in [0.5, 0.6) is 0 Å². The van der Waals surface area contributed by atoms with E-state index in [2.05, 4.69) is 15.0 Å². The normalized spacial score (nSPS) is 13.9. The van der Waals surface area contributed by atoms with Crippen LogP contribution in [0, 0.1) is 0 Å². The van der Waals surface area contributed by atoms with Gasteiger partial charge in [0.2, 0.25) is 11.9 Å². The number of fused-ring (bicyclic) bond motifs is 2. The highest BCUT2D eigenvalue weighted by atomic mass is 35.5. The number of allylic oxidation sites excluding steroid dienone is 1. The lowest BCUT2D eigenvalue weighted by Gasteiger charge is -2.12. The van der Waals surface area contributed by atoms with Gasteiger partial charge in [0, 0.05) is 5.39 Å². The number of nitrogens with two attached hydrogens (primary N) is 2. The number of hydrogen-bond acceptors (Lipinski definition) is 8. The first-order valence-electron chi connectivity index (χ1n) is 10.4. The Labute approximate surface area is 204 Å². The van der Waals surface area contributed by atoms with Crippen molar-refractivity contribution >= 4 is 63.6 Å². The zero-order valence-electron chi connectivity index (χ0n) is 17.8. The Hall–Kier alpha value is -3.75. The Bertz CT molecular complexity index is 1470. The van der Waals surface area contributed by atoms with Gasteiger partial charge in [0.05, 0.1) is 26.8 Å². The van der Waals surface area contributed by atoms with Gasteiger partial charge in [-0.05, 0) is 53.8 Å². The first-order valence-corrected chi connectivity index (χ1v) is 11.2. The average Bonchev–Trinajstić information content (AvgIpc) is 3.19. The smallest absolute Gasteiger partial charge is 0.339 e. The molecule has 170 valence electrons. The molecule has 5 rings (SSSR count). The summed E-state index contributed by atoms with van der Waals surface area (Å²) in [5.74, 6) is -0.395. The quantitative estimate of drug-likeness (QED) is 0.390. The van der Waals surface area contributed by atoms with E-state index in [1.165, 1.54) is 0 Å². The van der Waals surface area contributed by atoms with Gasteiger partial charge in [-0.1, -0.05) is 47.5 Å². The zero-order valence-corrected chi connectivity index (χ0v) is 19.3. The Morgan fingerprint density at radius 2 is 1.74 bits per heavy atom. The summed E-state index contributed by atoms with van der Waals surface area (Å²) in [6, 6.07) is 12.9. The van der Waals surface area contributed by atoms with Crippen molar-refractivity contribution in [3.05, 3.63) is 80.7 Å². The maximum absolute atomic E-state index is 13.3. The van der Waals surface area contributed by atoms with Crippen molar-refractivity contribution in [1.82, 2.24) is 19.9 Å². The van der Waals surface area contributed by atoms with E-state index >= 15 is 0 Å². The molecule has 0 fully saturated rings. The molecule has 0 spiro atoms. The SMILES string of the molecule is Nc1nc(N)nc(COC(=O)c2c3c(nc4ccccc24)C(=Cc2ccc(Cl)c(Cl)c2)CC3)n1. The molecule has 0 saturated heterocycles. The molecule has 0 radical (unpaired) electrons. The summed E-state index contributed by atoms with van der Waals surface area (Å²) in [4.78, 5) is 29.8. The number of esters is 1. The van der Waals surface area contributed by atoms with Crippen LogP contribution in [0.1, 0.15) is 39.4 Å². The van der Waals surface area contributed by atoms with Crippen LogP contribution in [-0.4, -0.2) is 25.9 Å². The molecule has 0 atom stereocenters.